The Morgan fingerprint density at radius 3 is 2.22 bits per heavy atom. The summed E-state index contributed by atoms with van der Waals surface area (Å²) in [6, 6.07) is 7.54. The minimum atomic E-state index is -4.57. The summed E-state index contributed by atoms with van der Waals surface area (Å²) in [5, 5.41) is -0.285. The molecule has 2 aliphatic heterocycles. The van der Waals surface area contributed by atoms with Crippen molar-refractivity contribution in [1.29, 1.82) is 0 Å². The van der Waals surface area contributed by atoms with Gasteiger partial charge in [0.25, 0.3) is 0 Å². The van der Waals surface area contributed by atoms with Crippen LogP contribution in [-0.4, -0.2) is 63.1 Å². The van der Waals surface area contributed by atoms with Crippen LogP contribution >= 0.6 is 11.6 Å². The molecular formula is C19H18ClF3N4O4S. The molecule has 0 unspecified atom stereocenters. The van der Waals surface area contributed by atoms with Gasteiger partial charge in [-0.3, -0.25) is 4.90 Å². The first-order valence-electron chi connectivity index (χ1n) is 9.60. The lowest BCUT2D eigenvalue weighted by molar-refractivity contribution is -0.137. The molecule has 2 aliphatic rings. The molecule has 13 heteroatoms. The Kier molecular flexibility index (Phi) is 5.94. The maximum Gasteiger partial charge on any atom is 0.416 e. The molecule has 4 rings (SSSR count). The standard InChI is InChI=1S/C19H18ClF3N4O4S/c20-16-11-13(19(21,22)23)12-17(24-16)25-5-7-26(8-6-25)32(29,30)15-3-1-14(2-4-15)27-9-10-31-18(27)28/h1-4,11-12H,5-10H2. The second kappa shape index (κ2) is 8.41. The molecule has 2 saturated heterocycles. The van der Waals surface area contributed by atoms with Crippen molar-refractivity contribution in [3.05, 3.63) is 47.1 Å². The molecule has 0 saturated carbocycles. The topological polar surface area (TPSA) is 83.0 Å². The number of cyclic esters (lactones) is 1. The lowest BCUT2D eigenvalue weighted by Gasteiger charge is -2.35. The normalized spacial score (nSPS) is 18.2. The van der Waals surface area contributed by atoms with E-state index < -0.39 is 27.9 Å². The second-order valence-corrected chi connectivity index (χ2v) is 9.51. The largest absolute Gasteiger partial charge is 0.447 e. The molecule has 0 spiro atoms. The highest BCUT2D eigenvalue weighted by Crippen LogP contribution is 2.33. The molecule has 1 aromatic carbocycles. The van der Waals surface area contributed by atoms with Gasteiger partial charge in [0, 0.05) is 31.9 Å². The summed E-state index contributed by atoms with van der Waals surface area (Å²) < 4.78 is 71.2. The third-order valence-electron chi connectivity index (χ3n) is 5.22. The van der Waals surface area contributed by atoms with Crippen LogP contribution in [0.1, 0.15) is 5.56 Å². The zero-order chi connectivity index (χ0) is 23.1. The fourth-order valence-corrected chi connectivity index (χ4v) is 5.17. The number of carbonyl (C=O) groups excluding carboxylic acids is 1. The Hall–Kier alpha value is -2.57. The van der Waals surface area contributed by atoms with Gasteiger partial charge in [-0.05, 0) is 36.4 Å². The first-order valence-corrected chi connectivity index (χ1v) is 11.4. The van der Waals surface area contributed by atoms with Gasteiger partial charge in [-0.25, -0.2) is 18.2 Å². The lowest BCUT2D eigenvalue weighted by Crippen LogP contribution is -2.49. The molecule has 1 amide bonds. The van der Waals surface area contributed by atoms with E-state index in [-0.39, 0.29) is 48.7 Å². The monoisotopic (exact) mass is 490 g/mol. The predicted octanol–water partition coefficient (Wildman–Crippen LogP) is 3.22. The molecule has 2 aromatic rings. The number of amides is 1. The number of ether oxygens (including phenoxy) is 1. The number of hydrogen-bond donors (Lipinski definition) is 0. The van der Waals surface area contributed by atoms with Crippen LogP contribution in [0.4, 0.5) is 29.5 Å². The number of sulfonamides is 1. The molecule has 0 bridgehead atoms. The highest BCUT2D eigenvalue weighted by atomic mass is 35.5. The molecular weight excluding hydrogens is 473 g/mol. The molecule has 2 fully saturated rings. The molecule has 0 N–H and O–H groups in total. The quantitative estimate of drug-likeness (QED) is 0.612. The number of rotatable bonds is 4. The summed E-state index contributed by atoms with van der Waals surface area (Å²) in [5.74, 6) is 0.0451. The number of carbonyl (C=O) groups is 1. The van der Waals surface area contributed by atoms with Crippen LogP contribution in [0.3, 0.4) is 0 Å². The van der Waals surface area contributed by atoms with E-state index in [1.54, 1.807) is 4.90 Å². The van der Waals surface area contributed by atoms with Gasteiger partial charge in [0.15, 0.2) is 0 Å². The third kappa shape index (κ3) is 4.48. The number of aromatic nitrogens is 1. The van der Waals surface area contributed by atoms with Gasteiger partial charge in [-0.2, -0.15) is 17.5 Å². The molecule has 3 heterocycles. The average molecular weight is 491 g/mol. The van der Waals surface area contributed by atoms with Crippen molar-refractivity contribution in [3.63, 3.8) is 0 Å². The third-order valence-corrected chi connectivity index (χ3v) is 7.32. The lowest BCUT2D eigenvalue weighted by atomic mass is 10.2. The summed E-state index contributed by atoms with van der Waals surface area (Å²) >= 11 is 5.75. The summed E-state index contributed by atoms with van der Waals surface area (Å²) in [6.07, 6.45) is -5.05. The number of anilines is 2. The van der Waals surface area contributed by atoms with Gasteiger partial charge in [0.05, 0.1) is 17.0 Å². The van der Waals surface area contributed by atoms with Crippen molar-refractivity contribution in [1.82, 2.24) is 9.29 Å². The van der Waals surface area contributed by atoms with Crippen LogP contribution < -0.4 is 9.80 Å². The highest BCUT2D eigenvalue weighted by Gasteiger charge is 2.34. The highest BCUT2D eigenvalue weighted by molar-refractivity contribution is 7.89. The Bertz CT molecular complexity index is 1120. The van der Waals surface area contributed by atoms with Crippen molar-refractivity contribution in [2.24, 2.45) is 0 Å². The number of hydrogen-bond acceptors (Lipinski definition) is 6. The maximum absolute atomic E-state index is 13.0. The van der Waals surface area contributed by atoms with E-state index in [0.29, 0.717) is 12.2 Å². The predicted molar refractivity (Wildman–Crippen MR) is 110 cm³/mol. The van der Waals surface area contributed by atoms with Crippen molar-refractivity contribution >= 4 is 39.2 Å². The van der Waals surface area contributed by atoms with E-state index >= 15 is 0 Å². The first kappa shape index (κ1) is 22.6. The van der Waals surface area contributed by atoms with Gasteiger partial charge in [0.2, 0.25) is 10.0 Å². The van der Waals surface area contributed by atoms with E-state index in [4.69, 9.17) is 16.3 Å². The summed E-state index contributed by atoms with van der Waals surface area (Å²) in [5.41, 5.74) is -0.381. The van der Waals surface area contributed by atoms with Crippen LogP contribution in [0.2, 0.25) is 5.15 Å². The van der Waals surface area contributed by atoms with Crippen molar-refractivity contribution in [2.45, 2.75) is 11.1 Å². The number of halogens is 4. The van der Waals surface area contributed by atoms with E-state index in [1.807, 2.05) is 0 Å². The summed E-state index contributed by atoms with van der Waals surface area (Å²) in [6.45, 7) is 1.11. The Morgan fingerprint density at radius 2 is 1.66 bits per heavy atom. The number of alkyl halides is 3. The van der Waals surface area contributed by atoms with Crippen LogP contribution in [0.15, 0.2) is 41.3 Å². The van der Waals surface area contributed by atoms with Gasteiger partial charge in [-0.15, -0.1) is 0 Å². The number of pyridine rings is 1. The zero-order valence-electron chi connectivity index (χ0n) is 16.5. The molecule has 1 aromatic heterocycles. The Labute approximate surface area is 187 Å². The Morgan fingerprint density at radius 1 is 1.00 bits per heavy atom. The van der Waals surface area contributed by atoms with Gasteiger partial charge >= 0.3 is 12.3 Å². The van der Waals surface area contributed by atoms with Gasteiger partial charge in [-0.1, -0.05) is 11.6 Å². The molecule has 0 radical (unpaired) electrons. The summed E-state index contributed by atoms with van der Waals surface area (Å²) in [4.78, 5) is 18.6. The molecule has 32 heavy (non-hydrogen) atoms. The van der Waals surface area contributed by atoms with E-state index in [1.165, 1.54) is 33.5 Å². The fourth-order valence-electron chi connectivity index (χ4n) is 3.54. The van der Waals surface area contributed by atoms with Crippen LogP contribution in [-0.2, 0) is 20.9 Å². The van der Waals surface area contributed by atoms with Crippen molar-refractivity contribution in [2.75, 3.05) is 49.1 Å². The fraction of sp³-hybridized carbons (Fsp3) is 0.368. The first-order chi connectivity index (χ1) is 15.1. The molecule has 172 valence electrons. The number of benzene rings is 1. The number of piperazine rings is 1. The van der Waals surface area contributed by atoms with E-state index in [9.17, 15) is 26.4 Å². The molecule has 0 atom stereocenters. The molecule has 8 nitrogen and oxygen atoms in total. The second-order valence-electron chi connectivity index (χ2n) is 7.19. The van der Waals surface area contributed by atoms with Crippen LogP contribution in [0, 0.1) is 0 Å². The van der Waals surface area contributed by atoms with Crippen molar-refractivity contribution in [3.8, 4) is 0 Å². The smallest absolute Gasteiger partial charge is 0.416 e. The van der Waals surface area contributed by atoms with E-state index in [2.05, 4.69) is 4.98 Å². The van der Waals surface area contributed by atoms with Crippen LogP contribution in [0.25, 0.3) is 0 Å². The zero-order valence-corrected chi connectivity index (χ0v) is 18.1. The van der Waals surface area contributed by atoms with Crippen LogP contribution in [0.5, 0.6) is 0 Å². The molecule has 0 aliphatic carbocycles. The SMILES string of the molecule is O=C1OCCN1c1ccc(S(=O)(=O)N2CCN(c3cc(C(F)(F)F)cc(Cl)n3)CC2)cc1. The average Bonchev–Trinajstić information content (AvgIpc) is 3.19. The number of nitrogens with zero attached hydrogens (tertiary/aromatic N) is 4. The van der Waals surface area contributed by atoms with Gasteiger partial charge < -0.3 is 9.64 Å². The summed E-state index contributed by atoms with van der Waals surface area (Å²) in [7, 11) is -3.82. The minimum absolute atomic E-state index is 0.0451. The minimum Gasteiger partial charge on any atom is -0.447 e. The Balaban J connectivity index is 1.46. The van der Waals surface area contributed by atoms with E-state index in [0.717, 1.165) is 12.1 Å². The van der Waals surface area contributed by atoms with Crippen molar-refractivity contribution < 1.29 is 31.1 Å². The van der Waals surface area contributed by atoms with Gasteiger partial charge in [0.1, 0.15) is 17.6 Å². The maximum atomic E-state index is 13.0.